The second-order valence-corrected chi connectivity index (χ2v) is 3.76. The maximum Gasteiger partial charge on any atom is 0.570 e. The lowest BCUT2D eigenvalue weighted by atomic mass is 10.2. The third kappa shape index (κ3) is 2.23. The molecule has 0 saturated carbocycles. The standard InChI is InChI=1S/C7H8INO3/c1-5-6(9)3-2-4-7(5)12-8(10)11/h2-4H,9H2,1H3. The van der Waals surface area contributed by atoms with Crippen LogP contribution in [0.3, 0.4) is 0 Å². The van der Waals surface area contributed by atoms with E-state index in [0.717, 1.165) is 0 Å². The van der Waals surface area contributed by atoms with Gasteiger partial charge in [0.15, 0.2) is 0 Å². The highest BCUT2D eigenvalue weighted by molar-refractivity contribution is 5.52. The van der Waals surface area contributed by atoms with Gasteiger partial charge in [0.25, 0.3) is 0 Å². The van der Waals surface area contributed by atoms with Crippen LogP contribution in [0.4, 0.5) is 5.69 Å². The first-order valence-corrected chi connectivity index (χ1v) is 5.84. The molecule has 5 heteroatoms. The van der Waals surface area contributed by atoms with Gasteiger partial charge in [-0.3, -0.25) is 0 Å². The molecule has 0 radical (unpaired) electrons. The van der Waals surface area contributed by atoms with Crippen molar-refractivity contribution in [2.24, 2.45) is 0 Å². The van der Waals surface area contributed by atoms with Gasteiger partial charge in [0, 0.05) is 11.3 Å². The Hall–Kier alpha value is -0.530. The Labute approximate surface area is 79.0 Å². The SMILES string of the molecule is Cc1c(N)cccc1O[I+2]([O-])[O-]. The fourth-order valence-corrected chi connectivity index (χ4v) is 1.65. The summed E-state index contributed by atoms with van der Waals surface area (Å²) in [5, 5.41) is 0. The molecule has 1 rings (SSSR count). The van der Waals surface area contributed by atoms with E-state index in [1.807, 2.05) is 0 Å². The lowest BCUT2D eigenvalue weighted by Crippen LogP contribution is -4.00. The summed E-state index contributed by atoms with van der Waals surface area (Å²) in [5.41, 5.74) is 6.72. The Morgan fingerprint density at radius 2 is 2.08 bits per heavy atom. The lowest BCUT2D eigenvalue weighted by Gasteiger charge is -2.01. The number of hydrogen-bond donors (Lipinski definition) is 1. The predicted octanol–water partition coefficient (Wildman–Crippen LogP) is -3.95. The molecule has 0 bridgehead atoms. The van der Waals surface area contributed by atoms with Gasteiger partial charge in [0.2, 0.25) is 5.75 Å². The molecule has 0 aliphatic rings. The van der Waals surface area contributed by atoms with Crippen LogP contribution in [0.25, 0.3) is 0 Å². The van der Waals surface area contributed by atoms with Crippen LogP contribution in [0.5, 0.6) is 5.75 Å². The fourth-order valence-electron chi connectivity index (χ4n) is 0.783. The smallest absolute Gasteiger partial charge is 0.398 e. The first-order valence-electron chi connectivity index (χ1n) is 3.20. The van der Waals surface area contributed by atoms with Gasteiger partial charge in [-0.15, -0.1) is 3.07 Å². The monoisotopic (exact) mass is 281 g/mol. The normalized spacial score (nSPS) is 10.3. The van der Waals surface area contributed by atoms with Crippen molar-refractivity contribution in [1.29, 1.82) is 0 Å². The van der Waals surface area contributed by atoms with Crippen LogP contribution < -0.4 is 36.7 Å². The predicted molar refractivity (Wildman–Crippen MR) is 36.2 cm³/mol. The molecular formula is C7H8INO3. The second kappa shape index (κ2) is 3.92. The van der Waals surface area contributed by atoms with Gasteiger partial charge in [-0.05, 0) is 19.1 Å². The van der Waals surface area contributed by atoms with E-state index in [0.29, 0.717) is 17.0 Å². The molecule has 66 valence electrons. The molecule has 12 heavy (non-hydrogen) atoms. The zero-order valence-electron chi connectivity index (χ0n) is 6.41. The van der Waals surface area contributed by atoms with Crippen LogP contribution in [0.2, 0.25) is 0 Å². The second-order valence-electron chi connectivity index (χ2n) is 2.24. The number of halogens is 1. The zero-order valence-corrected chi connectivity index (χ0v) is 8.57. The van der Waals surface area contributed by atoms with E-state index in [1.54, 1.807) is 25.1 Å². The quantitative estimate of drug-likeness (QED) is 0.443. The highest BCUT2D eigenvalue weighted by atomic mass is 127. The summed E-state index contributed by atoms with van der Waals surface area (Å²) in [7, 11) is 0. The Morgan fingerprint density at radius 1 is 1.42 bits per heavy atom. The Morgan fingerprint density at radius 3 is 2.67 bits per heavy atom. The molecule has 1 aromatic rings. The average Bonchev–Trinajstić information content (AvgIpc) is 1.98. The summed E-state index contributed by atoms with van der Waals surface area (Å²) in [6.45, 7) is 1.71. The lowest BCUT2D eigenvalue weighted by molar-refractivity contribution is -1.62. The third-order valence-corrected chi connectivity index (χ3v) is 2.31. The van der Waals surface area contributed by atoms with E-state index in [4.69, 9.17) is 5.73 Å². The summed E-state index contributed by atoms with van der Waals surface area (Å²) < 4.78 is 25.2. The van der Waals surface area contributed by atoms with Gasteiger partial charge in [0.05, 0.1) is 0 Å². The minimum atomic E-state index is -3.66. The number of anilines is 1. The highest BCUT2D eigenvalue weighted by Crippen LogP contribution is 2.20. The van der Waals surface area contributed by atoms with Crippen molar-refractivity contribution in [3.05, 3.63) is 23.8 Å². The van der Waals surface area contributed by atoms with Crippen LogP contribution in [0.15, 0.2) is 18.2 Å². The van der Waals surface area contributed by atoms with Crippen molar-refractivity contribution in [3.63, 3.8) is 0 Å². The van der Waals surface area contributed by atoms with Crippen molar-refractivity contribution in [2.45, 2.75) is 6.92 Å². The maximum atomic E-state index is 10.3. The fraction of sp³-hybridized carbons (Fsp3) is 0.143. The zero-order chi connectivity index (χ0) is 9.14. The molecule has 0 fully saturated rings. The van der Waals surface area contributed by atoms with Crippen LogP contribution in [0.1, 0.15) is 5.56 Å². The van der Waals surface area contributed by atoms with Crippen LogP contribution >= 0.6 is 0 Å². The number of nitrogen functional groups attached to an aromatic ring is 1. The molecule has 0 aromatic heterocycles. The summed E-state index contributed by atoms with van der Waals surface area (Å²) in [5.74, 6) is 0.324. The first kappa shape index (κ1) is 9.56. The third-order valence-electron chi connectivity index (χ3n) is 1.47. The van der Waals surface area contributed by atoms with Gasteiger partial charge in [0.1, 0.15) is 0 Å². The molecule has 1 aromatic carbocycles. The number of hydrogen-bond acceptors (Lipinski definition) is 4. The molecule has 0 unspecified atom stereocenters. The number of benzene rings is 1. The van der Waals surface area contributed by atoms with E-state index >= 15 is 0 Å². The average molecular weight is 281 g/mol. The molecule has 0 heterocycles. The Kier molecular flexibility index (Phi) is 3.12. The largest absolute Gasteiger partial charge is 0.570 e. The van der Waals surface area contributed by atoms with E-state index in [-0.39, 0.29) is 0 Å². The van der Waals surface area contributed by atoms with Crippen LogP contribution in [-0.4, -0.2) is 0 Å². The van der Waals surface area contributed by atoms with E-state index in [2.05, 4.69) is 3.07 Å². The van der Waals surface area contributed by atoms with Crippen molar-refractivity contribution < 1.29 is 31.0 Å². The molecule has 0 saturated heterocycles. The van der Waals surface area contributed by atoms with E-state index < -0.39 is 21.1 Å². The molecule has 2 N–H and O–H groups in total. The molecule has 0 atom stereocenters. The van der Waals surface area contributed by atoms with Crippen LogP contribution in [0, 0.1) is 6.92 Å². The first-order chi connectivity index (χ1) is 5.61. The van der Waals surface area contributed by atoms with Crippen LogP contribution in [-0.2, 0) is 0 Å². The number of rotatable bonds is 2. The Balaban J connectivity index is 2.92. The molecule has 0 spiro atoms. The topological polar surface area (TPSA) is 81.4 Å². The van der Waals surface area contributed by atoms with Crippen molar-refractivity contribution in [1.82, 2.24) is 0 Å². The van der Waals surface area contributed by atoms with Crippen molar-refractivity contribution in [3.8, 4) is 5.75 Å². The van der Waals surface area contributed by atoms with Crippen molar-refractivity contribution in [2.75, 3.05) is 5.73 Å². The molecule has 0 aliphatic heterocycles. The number of nitrogens with two attached hydrogens (primary N) is 1. The van der Waals surface area contributed by atoms with Gasteiger partial charge in [-0.2, -0.15) is 0 Å². The minimum Gasteiger partial charge on any atom is -0.398 e. The molecule has 0 aliphatic carbocycles. The van der Waals surface area contributed by atoms with Gasteiger partial charge in [-0.25, -0.2) is 0 Å². The van der Waals surface area contributed by atoms with E-state index in [1.165, 1.54) is 0 Å². The maximum absolute atomic E-state index is 10.3. The highest BCUT2D eigenvalue weighted by Gasteiger charge is 2.16. The molecule has 4 nitrogen and oxygen atoms in total. The molecular weight excluding hydrogens is 273 g/mol. The Bertz CT molecular complexity index is 277. The van der Waals surface area contributed by atoms with E-state index in [9.17, 15) is 6.87 Å². The van der Waals surface area contributed by atoms with Crippen molar-refractivity contribution >= 4 is 5.69 Å². The summed E-state index contributed by atoms with van der Waals surface area (Å²) in [6, 6.07) is 4.92. The van der Waals surface area contributed by atoms with Gasteiger partial charge < -0.3 is 12.6 Å². The van der Waals surface area contributed by atoms with Gasteiger partial charge >= 0.3 is 21.1 Å². The van der Waals surface area contributed by atoms with Gasteiger partial charge in [-0.1, -0.05) is 6.07 Å². The summed E-state index contributed by atoms with van der Waals surface area (Å²) in [4.78, 5) is 0. The summed E-state index contributed by atoms with van der Waals surface area (Å²) >= 11 is -3.66. The summed E-state index contributed by atoms with van der Waals surface area (Å²) in [6.07, 6.45) is 0. The molecule has 0 amide bonds. The minimum absolute atomic E-state index is 0.324.